The Bertz CT molecular complexity index is 1100. The lowest BCUT2D eigenvalue weighted by Crippen LogP contribution is -2.48. The van der Waals surface area contributed by atoms with Gasteiger partial charge in [0.05, 0.1) is 18.8 Å². The maximum Gasteiger partial charge on any atom is 0.222 e. The number of benzene rings is 2. The highest BCUT2D eigenvalue weighted by Gasteiger charge is 2.28. The molecule has 33 heavy (non-hydrogen) atoms. The lowest BCUT2D eigenvalue weighted by atomic mass is 10.1. The molecule has 0 spiro atoms. The summed E-state index contributed by atoms with van der Waals surface area (Å²) in [6.45, 7) is 4.55. The minimum Gasteiger partial charge on any atom is -0.365 e. The van der Waals surface area contributed by atoms with Crippen molar-refractivity contribution in [1.29, 1.82) is 0 Å². The lowest BCUT2D eigenvalue weighted by Gasteiger charge is -2.34. The molecular weight excluding hydrogens is 421 g/mol. The van der Waals surface area contributed by atoms with Crippen molar-refractivity contribution in [2.45, 2.75) is 38.6 Å². The van der Waals surface area contributed by atoms with Crippen LogP contribution < -0.4 is 0 Å². The fourth-order valence-electron chi connectivity index (χ4n) is 4.53. The Morgan fingerprint density at radius 2 is 1.79 bits per heavy atom. The molecular formula is C25H28FN5O2. The van der Waals surface area contributed by atoms with E-state index in [0.29, 0.717) is 31.7 Å². The van der Waals surface area contributed by atoms with E-state index < -0.39 is 0 Å². The second-order valence-electron chi connectivity index (χ2n) is 8.63. The third-order valence-electron chi connectivity index (χ3n) is 6.50. The monoisotopic (exact) mass is 449 g/mol. The molecule has 1 fully saturated rings. The molecule has 2 aliphatic rings. The molecule has 0 unspecified atom stereocenters. The van der Waals surface area contributed by atoms with Crippen molar-refractivity contribution in [3.63, 3.8) is 0 Å². The minimum absolute atomic E-state index is 0.215. The van der Waals surface area contributed by atoms with Gasteiger partial charge in [-0.15, -0.1) is 5.10 Å². The van der Waals surface area contributed by atoms with Crippen molar-refractivity contribution in [3.8, 4) is 0 Å². The number of hydrogen-bond donors (Lipinski definition) is 0. The SMILES string of the molecule is O=C(CCc1ccccc1)N1CCN(Cc2nnn3c2CO[C@H](c2ccccc2F)C3)CC1. The van der Waals surface area contributed by atoms with Crippen molar-refractivity contribution in [2.75, 3.05) is 26.2 Å². The van der Waals surface area contributed by atoms with Gasteiger partial charge >= 0.3 is 0 Å². The smallest absolute Gasteiger partial charge is 0.222 e. The van der Waals surface area contributed by atoms with Gasteiger partial charge in [0.25, 0.3) is 0 Å². The maximum absolute atomic E-state index is 14.1. The number of amides is 1. The van der Waals surface area contributed by atoms with E-state index in [1.54, 1.807) is 12.1 Å². The molecule has 1 amide bonds. The molecule has 3 aromatic rings. The van der Waals surface area contributed by atoms with Crippen LogP contribution >= 0.6 is 0 Å². The van der Waals surface area contributed by atoms with Crippen LogP contribution in [0.3, 0.4) is 0 Å². The van der Waals surface area contributed by atoms with Gasteiger partial charge in [-0.2, -0.15) is 0 Å². The molecule has 7 nitrogen and oxygen atoms in total. The van der Waals surface area contributed by atoms with Crippen LogP contribution in [0.1, 0.15) is 35.0 Å². The molecule has 2 aromatic carbocycles. The third kappa shape index (κ3) is 4.96. The molecule has 0 saturated carbocycles. The number of carbonyl (C=O) groups excluding carboxylic acids is 1. The van der Waals surface area contributed by atoms with Crippen LogP contribution in [0, 0.1) is 5.82 Å². The maximum atomic E-state index is 14.1. The number of ether oxygens (including phenoxy) is 1. The van der Waals surface area contributed by atoms with Gasteiger partial charge < -0.3 is 9.64 Å². The van der Waals surface area contributed by atoms with Crippen molar-refractivity contribution < 1.29 is 13.9 Å². The quantitative estimate of drug-likeness (QED) is 0.579. The van der Waals surface area contributed by atoms with E-state index in [1.807, 2.05) is 33.8 Å². The minimum atomic E-state index is -0.362. The molecule has 0 bridgehead atoms. The highest BCUT2D eigenvalue weighted by Crippen LogP contribution is 2.28. The summed E-state index contributed by atoms with van der Waals surface area (Å²) in [5.41, 5.74) is 3.59. The van der Waals surface area contributed by atoms with E-state index >= 15 is 0 Å². The van der Waals surface area contributed by atoms with Gasteiger partial charge in [0.2, 0.25) is 5.91 Å². The van der Waals surface area contributed by atoms with Crippen LogP contribution in [-0.4, -0.2) is 56.9 Å². The summed E-state index contributed by atoms with van der Waals surface area (Å²) < 4.78 is 21.9. The van der Waals surface area contributed by atoms with Crippen LogP contribution in [-0.2, 0) is 35.6 Å². The lowest BCUT2D eigenvalue weighted by molar-refractivity contribution is -0.133. The van der Waals surface area contributed by atoms with Crippen molar-refractivity contribution >= 4 is 5.91 Å². The second-order valence-corrected chi connectivity index (χ2v) is 8.63. The first-order valence-electron chi connectivity index (χ1n) is 11.5. The number of rotatable bonds is 6. The summed E-state index contributed by atoms with van der Waals surface area (Å²) in [7, 11) is 0. The standard InChI is InChI=1S/C25H28FN5O2/c26-21-9-5-4-8-20(21)24-17-31-23(18-33-24)22(27-28-31)16-29-12-14-30(15-13-29)25(32)11-10-19-6-2-1-3-7-19/h1-9,24H,10-18H2/t24-/m0/s1. The van der Waals surface area contributed by atoms with Crippen LogP contribution in [0.4, 0.5) is 4.39 Å². The Kier molecular flexibility index (Phi) is 6.46. The number of aromatic nitrogens is 3. The van der Waals surface area contributed by atoms with Gasteiger partial charge in [0.15, 0.2) is 0 Å². The molecule has 0 aliphatic carbocycles. The zero-order valence-electron chi connectivity index (χ0n) is 18.6. The first kappa shape index (κ1) is 21.7. The van der Waals surface area contributed by atoms with Crippen molar-refractivity contribution in [3.05, 3.63) is 82.9 Å². The van der Waals surface area contributed by atoms with Crippen LogP contribution in [0.2, 0.25) is 0 Å². The largest absolute Gasteiger partial charge is 0.365 e. The summed E-state index contributed by atoms with van der Waals surface area (Å²) in [6, 6.07) is 16.8. The van der Waals surface area contributed by atoms with E-state index in [4.69, 9.17) is 4.74 Å². The fourth-order valence-corrected chi connectivity index (χ4v) is 4.53. The average molecular weight is 450 g/mol. The molecule has 5 rings (SSSR count). The van der Waals surface area contributed by atoms with Crippen molar-refractivity contribution in [2.24, 2.45) is 0 Å². The van der Waals surface area contributed by atoms with E-state index in [1.165, 1.54) is 11.6 Å². The van der Waals surface area contributed by atoms with Crippen LogP contribution in [0.25, 0.3) is 0 Å². The molecule has 1 saturated heterocycles. The van der Waals surface area contributed by atoms with Gasteiger partial charge in [-0.1, -0.05) is 53.7 Å². The molecule has 2 aliphatic heterocycles. The third-order valence-corrected chi connectivity index (χ3v) is 6.50. The zero-order valence-corrected chi connectivity index (χ0v) is 18.6. The predicted molar refractivity (Wildman–Crippen MR) is 121 cm³/mol. The van der Waals surface area contributed by atoms with E-state index in [9.17, 15) is 9.18 Å². The number of hydrogen-bond acceptors (Lipinski definition) is 5. The van der Waals surface area contributed by atoms with E-state index in [0.717, 1.165) is 44.0 Å². The first-order valence-corrected chi connectivity index (χ1v) is 11.5. The summed E-state index contributed by atoms with van der Waals surface area (Å²) in [5.74, 6) is -0.0467. The van der Waals surface area contributed by atoms with Gasteiger partial charge in [-0.05, 0) is 18.1 Å². The molecule has 1 atom stereocenters. The topological polar surface area (TPSA) is 63.5 Å². The Labute approximate surface area is 192 Å². The summed E-state index contributed by atoms with van der Waals surface area (Å²) in [6.07, 6.45) is 0.960. The predicted octanol–water partition coefficient (Wildman–Crippen LogP) is 2.97. The number of fused-ring (bicyclic) bond motifs is 1. The molecule has 3 heterocycles. The van der Waals surface area contributed by atoms with Crippen LogP contribution in [0.15, 0.2) is 54.6 Å². The number of carbonyl (C=O) groups is 1. The van der Waals surface area contributed by atoms with E-state index in [-0.39, 0.29) is 17.8 Å². The molecule has 8 heteroatoms. The number of halogens is 1. The molecule has 0 N–H and O–H groups in total. The fraction of sp³-hybridized carbons (Fsp3) is 0.400. The Morgan fingerprint density at radius 3 is 2.58 bits per heavy atom. The number of aryl methyl sites for hydroxylation is 1. The average Bonchev–Trinajstić information content (AvgIpc) is 3.26. The Hall–Kier alpha value is -3.10. The van der Waals surface area contributed by atoms with Gasteiger partial charge in [-0.3, -0.25) is 9.69 Å². The Balaban J connectivity index is 1.13. The number of piperazine rings is 1. The summed E-state index contributed by atoms with van der Waals surface area (Å²) >= 11 is 0. The van der Waals surface area contributed by atoms with Crippen molar-refractivity contribution in [1.82, 2.24) is 24.8 Å². The molecule has 1 aromatic heterocycles. The highest BCUT2D eigenvalue weighted by atomic mass is 19.1. The second kappa shape index (κ2) is 9.80. The summed E-state index contributed by atoms with van der Waals surface area (Å²) in [5, 5.41) is 8.67. The van der Waals surface area contributed by atoms with Gasteiger partial charge in [0, 0.05) is 44.7 Å². The van der Waals surface area contributed by atoms with Gasteiger partial charge in [-0.25, -0.2) is 9.07 Å². The van der Waals surface area contributed by atoms with Crippen LogP contribution in [0.5, 0.6) is 0 Å². The first-order chi connectivity index (χ1) is 16.2. The Morgan fingerprint density at radius 1 is 1.03 bits per heavy atom. The van der Waals surface area contributed by atoms with Gasteiger partial charge in [0.1, 0.15) is 17.6 Å². The normalized spacial score (nSPS) is 18.8. The molecule has 172 valence electrons. The molecule has 0 radical (unpaired) electrons. The highest BCUT2D eigenvalue weighted by molar-refractivity contribution is 5.76. The number of nitrogens with zero attached hydrogens (tertiary/aromatic N) is 5. The summed E-state index contributed by atoms with van der Waals surface area (Å²) in [4.78, 5) is 16.9. The van der Waals surface area contributed by atoms with E-state index in [2.05, 4.69) is 27.3 Å². The zero-order chi connectivity index (χ0) is 22.6.